The van der Waals surface area contributed by atoms with E-state index in [1.54, 1.807) is 6.08 Å². The molecule has 0 bridgehead atoms. The SMILES string of the molecule is N=C1CCCC=C1C(=O)C[C@H](N)C(=O)O. The van der Waals surface area contributed by atoms with Crippen molar-refractivity contribution >= 4 is 17.5 Å². The van der Waals surface area contributed by atoms with Crippen LogP contribution in [0.4, 0.5) is 0 Å². The number of ketones is 1. The summed E-state index contributed by atoms with van der Waals surface area (Å²) in [5, 5.41) is 16.1. The van der Waals surface area contributed by atoms with Crippen LogP contribution < -0.4 is 5.73 Å². The smallest absolute Gasteiger partial charge is 0.320 e. The van der Waals surface area contributed by atoms with E-state index >= 15 is 0 Å². The lowest BCUT2D eigenvalue weighted by Crippen LogP contribution is -2.33. The Morgan fingerprint density at radius 1 is 1.60 bits per heavy atom. The maximum absolute atomic E-state index is 11.6. The van der Waals surface area contributed by atoms with Crippen molar-refractivity contribution in [1.29, 1.82) is 5.41 Å². The minimum atomic E-state index is -1.19. The van der Waals surface area contributed by atoms with Gasteiger partial charge in [0.25, 0.3) is 0 Å². The van der Waals surface area contributed by atoms with Gasteiger partial charge in [-0.2, -0.15) is 0 Å². The van der Waals surface area contributed by atoms with Gasteiger partial charge in [0.05, 0.1) is 0 Å². The van der Waals surface area contributed by atoms with Crippen LogP contribution in [0.3, 0.4) is 0 Å². The molecule has 0 aromatic carbocycles. The molecule has 0 aromatic rings. The first kappa shape index (κ1) is 11.6. The Morgan fingerprint density at radius 3 is 2.80 bits per heavy atom. The molecular weight excluding hydrogens is 196 g/mol. The Balaban J connectivity index is 2.64. The fraction of sp³-hybridized carbons (Fsp3) is 0.500. The van der Waals surface area contributed by atoms with E-state index in [0.29, 0.717) is 17.7 Å². The number of nitrogens with one attached hydrogen (secondary N) is 1. The highest BCUT2D eigenvalue weighted by Crippen LogP contribution is 2.16. The average Bonchev–Trinajstić information content (AvgIpc) is 2.18. The Kier molecular flexibility index (Phi) is 3.74. The van der Waals surface area contributed by atoms with Gasteiger partial charge in [0.15, 0.2) is 5.78 Å². The maximum atomic E-state index is 11.6. The second kappa shape index (κ2) is 4.84. The fourth-order valence-corrected chi connectivity index (χ4v) is 1.46. The molecule has 1 aliphatic rings. The van der Waals surface area contributed by atoms with Crippen molar-refractivity contribution in [3.05, 3.63) is 11.6 Å². The molecular formula is C10H14N2O3. The number of carbonyl (C=O) groups is 2. The molecule has 0 spiro atoms. The number of hydrogen-bond donors (Lipinski definition) is 3. The van der Waals surface area contributed by atoms with Crippen molar-refractivity contribution < 1.29 is 14.7 Å². The monoisotopic (exact) mass is 210 g/mol. The standard InChI is InChI=1S/C10H14N2O3/c11-7-4-2-1-3-6(7)9(13)5-8(12)10(14)15/h3,8,11H,1-2,4-5,12H2,(H,14,15)/t8-/m0/s1. The Hall–Kier alpha value is -1.49. The topological polar surface area (TPSA) is 104 Å². The fourth-order valence-electron chi connectivity index (χ4n) is 1.46. The number of carbonyl (C=O) groups excluding carboxylic acids is 1. The Morgan fingerprint density at radius 2 is 2.27 bits per heavy atom. The van der Waals surface area contributed by atoms with Crippen molar-refractivity contribution in [1.82, 2.24) is 0 Å². The van der Waals surface area contributed by atoms with Crippen molar-refractivity contribution in [3.8, 4) is 0 Å². The Bertz CT molecular complexity index is 334. The summed E-state index contributed by atoms with van der Waals surface area (Å²) < 4.78 is 0. The van der Waals surface area contributed by atoms with Crippen LogP contribution in [0, 0.1) is 5.41 Å². The first-order valence-electron chi connectivity index (χ1n) is 4.82. The van der Waals surface area contributed by atoms with E-state index in [1.807, 2.05) is 0 Å². The molecule has 82 valence electrons. The van der Waals surface area contributed by atoms with E-state index in [0.717, 1.165) is 12.8 Å². The van der Waals surface area contributed by atoms with Gasteiger partial charge in [0.1, 0.15) is 6.04 Å². The number of aliphatic carboxylic acids is 1. The number of allylic oxidation sites excluding steroid dienone is 2. The van der Waals surface area contributed by atoms with Crippen molar-refractivity contribution in [3.63, 3.8) is 0 Å². The van der Waals surface area contributed by atoms with Crippen LogP contribution in [0.15, 0.2) is 11.6 Å². The molecule has 0 saturated heterocycles. The van der Waals surface area contributed by atoms with Crippen LogP contribution in [-0.2, 0) is 9.59 Å². The molecule has 0 amide bonds. The van der Waals surface area contributed by atoms with Crippen molar-refractivity contribution in [2.45, 2.75) is 31.7 Å². The minimum absolute atomic E-state index is 0.233. The molecule has 0 heterocycles. The van der Waals surface area contributed by atoms with Crippen molar-refractivity contribution in [2.75, 3.05) is 0 Å². The van der Waals surface area contributed by atoms with E-state index in [9.17, 15) is 9.59 Å². The van der Waals surface area contributed by atoms with Crippen LogP contribution in [0.1, 0.15) is 25.7 Å². The normalized spacial score (nSPS) is 18.2. The summed E-state index contributed by atoms with van der Waals surface area (Å²) in [4.78, 5) is 22.0. The summed E-state index contributed by atoms with van der Waals surface area (Å²) in [6.45, 7) is 0. The molecule has 1 aliphatic carbocycles. The number of hydrogen-bond acceptors (Lipinski definition) is 4. The molecule has 5 nitrogen and oxygen atoms in total. The molecule has 0 unspecified atom stereocenters. The van der Waals surface area contributed by atoms with E-state index in [-0.39, 0.29) is 12.2 Å². The maximum Gasteiger partial charge on any atom is 0.320 e. The zero-order chi connectivity index (χ0) is 11.4. The summed E-state index contributed by atoms with van der Waals surface area (Å²) in [5.74, 6) is -1.53. The van der Waals surface area contributed by atoms with Gasteiger partial charge in [-0.1, -0.05) is 6.08 Å². The molecule has 0 fully saturated rings. The minimum Gasteiger partial charge on any atom is -0.480 e. The summed E-state index contributed by atoms with van der Waals surface area (Å²) >= 11 is 0. The van der Waals surface area contributed by atoms with Gasteiger partial charge in [-0.25, -0.2) is 0 Å². The molecule has 0 aliphatic heterocycles. The van der Waals surface area contributed by atoms with E-state index in [1.165, 1.54) is 0 Å². The first-order valence-corrected chi connectivity index (χ1v) is 4.82. The van der Waals surface area contributed by atoms with Gasteiger partial charge in [-0.3, -0.25) is 9.59 Å². The lowest BCUT2D eigenvalue weighted by molar-refractivity contribution is -0.139. The second-order valence-electron chi connectivity index (χ2n) is 3.56. The molecule has 5 heteroatoms. The van der Waals surface area contributed by atoms with Gasteiger partial charge in [-0.05, 0) is 19.3 Å². The van der Waals surface area contributed by atoms with Gasteiger partial charge in [-0.15, -0.1) is 0 Å². The molecule has 4 N–H and O–H groups in total. The molecule has 15 heavy (non-hydrogen) atoms. The van der Waals surface area contributed by atoms with Gasteiger partial charge in [0.2, 0.25) is 0 Å². The summed E-state index contributed by atoms with van der Waals surface area (Å²) in [6, 6.07) is -1.17. The van der Waals surface area contributed by atoms with E-state index in [2.05, 4.69) is 0 Å². The third-order valence-electron chi connectivity index (χ3n) is 2.33. The Labute approximate surface area is 87.5 Å². The predicted octanol–water partition coefficient (Wildman–Crippen LogP) is 0.488. The molecule has 1 rings (SSSR count). The zero-order valence-electron chi connectivity index (χ0n) is 8.32. The van der Waals surface area contributed by atoms with Crippen LogP contribution in [0.25, 0.3) is 0 Å². The van der Waals surface area contributed by atoms with Gasteiger partial charge in [0, 0.05) is 17.7 Å². The van der Waals surface area contributed by atoms with Crippen LogP contribution in [-0.4, -0.2) is 28.6 Å². The molecule has 0 aromatic heterocycles. The van der Waals surface area contributed by atoms with Gasteiger partial charge < -0.3 is 16.2 Å². The summed E-state index contributed by atoms with van der Waals surface area (Å²) in [5.41, 5.74) is 5.89. The quantitative estimate of drug-likeness (QED) is 0.627. The van der Waals surface area contributed by atoms with Crippen LogP contribution >= 0.6 is 0 Å². The van der Waals surface area contributed by atoms with E-state index in [4.69, 9.17) is 16.2 Å². The largest absolute Gasteiger partial charge is 0.480 e. The molecule has 0 radical (unpaired) electrons. The lowest BCUT2D eigenvalue weighted by Gasteiger charge is -2.14. The number of rotatable bonds is 4. The van der Waals surface area contributed by atoms with Gasteiger partial charge >= 0.3 is 5.97 Å². The number of carboxylic acid groups (broad SMARTS) is 1. The number of nitrogens with two attached hydrogens (primary N) is 1. The van der Waals surface area contributed by atoms with E-state index < -0.39 is 12.0 Å². The highest BCUT2D eigenvalue weighted by atomic mass is 16.4. The number of Topliss-reactive ketones (excluding diaryl/α,β-unsaturated/α-hetero) is 1. The first-order chi connectivity index (χ1) is 7.02. The predicted molar refractivity (Wildman–Crippen MR) is 54.9 cm³/mol. The van der Waals surface area contributed by atoms with Crippen molar-refractivity contribution in [2.24, 2.45) is 5.73 Å². The average molecular weight is 210 g/mol. The summed E-state index contributed by atoms with van der Waals surface area (Å²) in [6.07, 6.45) is 3.69. The molecule has 0 saturated carbocycles. The highest BCUT2D eigenvalue weighted by molar-refractivity contribution is 6.22. The lowest BCUT2D eigenvalue weighted by atomic mass is 9.92. The summed E-state index contributed by atoms with van der Waals surface area (Å²) in [7, 11) is 0. The highest BCUT2D eigenvalue weighted by Gasteiger charge is 2.22. The van der Waals surface area contributed by atoms with Crippen LogP contribution in [0.2, 0.25) is 0 Å². The molecule has 1 atom stereocenters. The second-order valence-corrected chi connectivity index (χ2v) is 3.56. The number of carboxylic acids is 1. The third-order valence-corrected chi connectivity index (χ3v) is 2.33. The van der Waals surface area contributed by atoms with Crippen LogP contribution in [0.5, 0.6) is 0 Å². The zero-order valence-corrected chi connectivity index (χ0v) is 8.32. The third kappa shape index (κ3) is 2.99.